The van der Waals surface area contributed by atoms with Crippen LogP contribution in [-0.4, -0.2) is 41.6 Å². The van der Waals surface area contributed by atoms with Crippen molar-refractivity contribution < 1.29 is 14.7 Å². The van der Waals surface area contributed by atoms with Gasteiger partial charge in [-0.1, -0.05) is 6.08 Å². The maximum atomic E-state index is 11.3. The van der Waals surface area contributed by atoms with Crippen LogP contribution in [0.2, 0.25) is 0 Å². The zero-order chi connectivity index (χ0) is 12.6. The highest BCUT2D eigenvalue weighted by Crippen LogP contribution is 1.95. The Kier molecular flexibility index (Phi) is 6.89. The van der Waals surface area contributed by atoms with E-state index in [0.29, 0.717) is 6.42 Å². The van der Waals surface area contributed by atoms with E-state index < -0.39 is 5.97 Å². The van der Waals surface area contributed by atoms with Gasteiger partial charge in [0.05, 0.1) is 0 Å². The number of carbonyl (C=O) groups excluding carboxylic acids is 1. The monoisotopic (exact) mass is 230 g/mol. The van der Waals surface area contributed by atoms with Crippen molar-refractivity contribution in [3.8, 4) is 0 Å². The van der Waals surface area contributed by atoms with Gasteiger partial charge in [-0.15, -0.1) is 0 Å². The van der Waals surface area contributed by atoms with Crippen LogP contribution in [-0.2, 0) is 9.59 Å². The smallest absolute Gasteiger partial charge is 0.319 e. The molecule has 0 aromatic heterocycles. The number of carboxylic acid groups (broad SMARTS) is 1. The molecule has 0 aliphatic heterocycles. The third-order valence-electron chi connectivity index (χ3n) is 1.71. The number of nitrogens with zero attached hydrogens (tertiary/aromatic N) is 1. The van der Waals surface area contributed by atoms with Crippen molar-refractivity contribution in [3.63, 3.8) is 0 Å². The third kappa shape index (κ3) is 7.77. The molecule has 7 nitrogen and oxygen atoms in total. The van der Waals surface area contributed by atoms with Crippen molar-refractivity contribution in [2.45, 2.75) is 18.9 Å². The molecule has 0 saturated carbocycles. The maximum Gasteiger partial charge on any atom is 0.319 e. The van der Waals surface area contributed by atoms with Crippen LogP contribution in [0, 0.1) is 0 Å². The van der Waals surface area contributed by atoms with Crippen molar-refractivity contribution in [1.29, 1.82) is 0 Å². The molecule has 1 amide bonds. The number of aliphatic carboxylic acids is 1. The molecule has 0 unspecified atom stereocenters. The summed E-state index contributed by atoms with van der Waals surface area (Å²) >= 11 is 0. The number of amides is 1. The van der Waals surface area contributed by atoms with Gasteiger partial charge in [-0.05, 0) is 12.6 Å². The Morgan fingerprint density at radius 1 is 1.56 bits per heavy atom. The highest BCUT2D eigenvalue weighted by Gasteiger charge is 2.11. The lowest BCUT2D eigenvalue weighted by Gasteiger charge is -2.17. The van der Waals surface area contributed by atoms with E-state index in [1.807, 2.05) is 0 Å². The van der Waals surface area contributed by atoms with Crippen molar-refractivity contribution >= 4 is 11.9 Å². The summed E-state index contributed by atoms with van der Waals surface area (Å²) in [6.45, 7) is -0.260. The fourth-order valence-corrected chi connectivity index (χ4v) is 1.08. The molecule has 0 aliphatic rings. The fraction of sp³-hybridized carbons (Fsp3) is 0.556. The molecule has 0 fully saturated rings. The van der Waals surface area contributed by atoms with Gasteiger partial charge in [0.25, 0.3) is 0 Å². The van der Waals surface area contributed by atoms with E-state index in [9.17, 15) is 9.59 Å². The second kappa shape index (κ2) is 7.66. The molecule has 0 saturated heterocycles. The SMILES string of the molecule is CN(CC(=O)O)NC(=O)C[C@H](N)C/C=C\N. The summed E-state index contributed by atoms with van der Waals surface area (Å²) in [7, 11) is 1.47. The van der Waals surface area contributed by atoms with E-state index in [0.717, 1.165) is 0 Å². The van der Waals surface area contributed by atoms with E-state index >= 15 is 0 Å². The first-order chi connectivity index (χ1) is 7.45. The van der Waals surface area contributed by atoms with Crippen molar-refractivity contribution in [2.75, 3.05) is 13.6 Å². The second-order valence-corrected chi connectivity index (χ2v) is 3.41. The molecule has 7 heteroatoms. The van der Waals surface area contributed by atoms with Gasteiger partial charge >= 0.3 is 5.97 Å². The molecular weight excluding hydrogens is 212 g/mol. The standard InChI is InChI=1S/C9H18N4O3/c1-13(6-9(15)16)12-8(14)5-7(11)3-2-4-10/h2,4,7H,3,5-6,10-11H2,1H3,(H,12,14)(H,15,16)/b4-2-/t7-/m1/s1. The summed E-state index contributed by atoms with van der Waals surface area (Å²) in [4.78, 5) is 21.6. The van der Waals surface area contributed by atoms with Gasteiger partial charge in [-0.2, -0.15) is 0 Å². The van der Waals surface area contributed by atoms with Gasteiger partial charge < -0.3 is 16.6 Å². The molecule has 6 N–H and O–H groups in total. The first-order valence-corrected chi connectivity index (χ1v) is 4.80. The van der Waals surface area contributed by atoms with Gasteiger partial charge in [0.15, 0.2) is 0 Å². The first kappa shape index (κ1) is 14.4. The summed E-state index contributed by atoms with van der Waals surface area (Å²) in [5.41, 5.74) is 13.2. The lowest BCUT2D eigenvalue weighted by atomic mass is 10.1. The van der Waals surface area contributed by atoms with Gasteiger partial charge in [-0.3, -0.25) is 15.0 Å². The molecule has 0 aliphatic carbocycles. The number of nitrogens with two attached hydrogens (primary N) is 2. The topological polar surface area (TPSA) is 122 Å². The fourth-order valence-electron chi connectivity index (χ4n) is 1.08. The molecule has 0 spiro atoms. The number of likely N-dealkylation sites (N-methyl/N-ethyl adjacent to an activating group) is 1. The Balaban J connectivity index is 3.84. The summed E-state index contributed by atoms with van der Waals surface area (Å²) in [6.07, 6.45) is 3.66. The van der Waals surface area contributed by atoms with Crippen LogP contribution in [0.15, 0.2) is 12.3 Å². The van der Waals surface area contributed by atoms with Crippen molar-refractivity contribution in [1.82, 2.24) is 10.4 Å². The number of carboxylic acids is 1. The Hall–Kier alpha value is -1.60. The average Bonchev–Trinajstić information content (AvgIpc) is 2.12. The lowest BCUT2D eigenvalue weighted by Crippen LogP contribution is -2.44. The number of nitrogens with one attached hydrogen (secondary N) is 1. The van der Waals surface area contributed by atoms with Crippen LogP contribution >= 0.6 is 0 Å². The Morgan fingerprint density at radius 2 is 2.19 bits per heavy atom. The third-order valence-corrected chi connectivity index (χ3v) is 1.71. The summed E-state index contributed by atoms with van der Waals surface area (Å²) < 4.78 is 0. The maximum absolute atomic E-state index is 11.3. The van der Waals surface area contributed by atoms with Crippen LogP contribution in [0.1, 0.15) is 12.8 Å². The minimum atomic E-state index is -1.02. The van der Waals surface area contributed by atoms with Crippen LogP contribution in [0.3, 0.4) is 0 Å². The highest BCUT2D eigenvalue weighted by atomic mass is 16.4. The zero-order valence-electron chi connectivity index (χ0n) is 9.22. The van der Waals surface area contributed by atoms with Crippen molar-refractivity contribution in [2.24, 2.45) is 11.5 Å². The summed E-state index contributed by atoms with van der Waals surface area (Å²) in [5, 5.41) is 9.64. The Bertz CT molecular complexity index is 267. The summed E-state index contributed by atoms with van der Waals surface area (Å²) in [5.74, 6) is -1.33. The van der Waals surface area contributed by atoms with E-state index in [2.05, 4.69) is 5.43 Å². The van der Waals surface area contributed by atoms with Gasteiger partial charge in [0, 0.05) is 19.5 Å². The number of hydrogen-bond donors (Lipinski definition) is 4. The number of rotatable bonds is 7. The van der Waals surface area contributed by atoms with Crippen LogP contribution in [0.25, 0.3) is 0 Å². The zero-order valence-corrected chi connectivity index (χ0v) is 9.22. The minimum absolute atomic E-state index is 0.119. The van der Waals surface area contributed by atoms with Gasteiger partial charge in [-0.25, -0.2) is 5.01 Å². The molecule has 0 aromatic carbocycles. The van der Waals surface area contributed by atoms with Gasteiger partial charge in [0.1, 0.15) is 6.54 Å². The number of hydrogen-bond acceptors (Lipinski definition) is 5. The molecule has 0 rings (SSSR count). The Morgan fingerprint density at radius 3 is 2.69 bits per heavy atom. The van der Waals surface area contributed by atoms with E-state index in [1.54, 1.807) is 6.08 Å². The molecule has 0 aromatic rings. The van der Waals surface area contributed by atoms with E-state index in [4.69, 9.17) is 16.6 Å². The molecule has 92 valence electrons. The van der Waals surface area contributed by atoms with E-state index in [-0.39, 0.29) is 24.9 Å². The van der Waals surface area contributed by atoms with Crippen LogP contribution < -0.4 is 16.9 Å². The molecule has 16 heavy (non-hydrogen) atoms. The lowest BCUT2D eigenvalue weighted by molar-refractivity contribution is -0.139. The number of hydrazine groups is 1. The van der Waals surface area contributed by atoms with Crippen LogP contribution in [0.4, 0.5) is 0 Å². The molecule has 0 bridgehead atoms. The average molecular weight is 230 g/mol. The Labute approximate surface area is 94.0 Å². The molecule has 1 atom stereocenters. The normalized spacial score (nSPS) is 12.9. The molecular formula is C9H18N4O3. The molecule has 0 radical (unpaired) electrons. The number of carbonyl (C=O) groups is 2. The summed E-state index contributed by atoms with van der Waals surface area (Å²) in [6, 6.07) is -0.321. The predicted molar refractivity (Wildman–Crippen MR) is 58.9 cm³/mol. The van der Waals surface area contributed by atoms with Crippen molar-refractivity contribution in [3.05, 3.63) is 12.3 Å². The second-order valence-electron chi connectivity index (χ2n) is 3.41. The van der Waals surface area contributed by atoms with E-state index in [1.165, 1.54) is 18.3 Å². The van der Waals surface area contributed by atoms with Crippen LogP contribution in [0.5, 0.6) is 0 Å². The van der Waals surface area contributed by atoms with Gasteiger partial charge in [0.2, 0.25) is 5.91 Å². The quantitative estimate of drug-likeness (QED) is 0.400. The highest BCUT2D eigenvalue weighted by molar-refractivity contribution is 5.76. The minimum Gasteiger partial charge on any atom is -0.480 e. The first-order valence-electron chi connectivity index (χ1n) is 4.80. The molecule has 0 heterocycles. The largest absolute Gasteiger partial charge is 0.480 e. The predicted octanol–water partition coefficient (Wildman–Crippen LogP) is -1.39.